The quantitative estimate of drug-likeness (QED) is 0.797. The predicted octanol–water partition coefficient (Wildman–Crippen LogP) is 3.75. The van der Waals surface area contributed by atoms with Crippen LogP contribution in [0.1, 0.15) is 10.4 Å². The van der Waals surface area contributed by atoms with Crippen molar-refractivity contribution in [1.82, 2.24) is 4.98 Å². The van der Waals surface area contributed by atoms with Crippen LogP contribution in [0, 0.1) is 18.3 Å². The fourth-order valence-corrected chi connectivity index (χ4v) is 2.65. The third-order valence-electron chi connectivity index (χ3n) is 1.95. The standard InChI is InChI=1S/C11H7BrN2S/c1-7-3-2-4-8(5-7)11-14-10(12)9(6-13)15-11/h2-5H,1H3. The molecule has 0 spiro atoms. The molecule has 74 valence electrons. The maximum atomic E-state index is 8.82. The third kappa shape index (κ3) is 2.09. The van der Waals surface area contributed by atoms with E-state index in [9.17, 15) is 0 Å². The number of hydrogen-bond acceptors (Lipinski definition) is 3. The molecule has 0 saturated heterocycles. The Morgan fingerprint density at radius 1 is 1.47 bits per heavy atom. The minimum atomic E-state index is 0.617. The summed E-state index contributed by atoms with van der Waals surface area (Å²) >= 11 is 4.67. The van der Waals surface area contributed by atoms with Crippen LogP contribution in [0.25, 0.3) is 10.6 Å². The van der Waals surface area contributed by atoms with Crippen molar-refractivity contribution < 1.29 is 0 Å². The van der Waals surface area contributed by atoms with Gasteiger partial charge in [0, 0.05) is 5.56 Å². The monoisotopic (exact) mass is 278 g/mol. The minimum Gasteiger partial charge on any atom is -0.228 e. The largest absolute Gasteiger partial charge is 0.228 e. The molecule has 0 aliphatic rings. The molecule has 0 aliphatic carbocycles. The van der Waals surface area contributed by atoms with Gasteiger partial charge in [0.2, 0.25) is 0 Å². The average molecular weight is 279 g/mol. The molecule has 0 bridgehead atoms. The number of halogens is 1. The van der Waals surface area contributed by atoms with Crippen molar-refractivity contribution in [2.75, 3.05) is 0 Å². The molecule has 0 saturated carbocycles. The highest BCUT2D eigenvalue weighted by Gasteiger charge is 2.09. The van der Waals surface area contributed by atoms with E-state index >= 15 is 0 Å². The van der Waals surface area contributed by atoms with E-state index in [2.05, 4.69) is 33.0 Å². The maximum Gasteiger partial charge on any atom is 0.139 e. The molecule has 2 nitrogen and oxygen atoms in total. The van der Waals surface area contributed by atoms with Crippen LogP contribution in [0.15, 0.2) is 28.9 Å². The van der Waals surface area contributed by atoms with Crippen LogP contribution in [0.4, 0.5) is 0 Å². The van der Waals surface area contributed by atoms with Crippen molar-refractivity contribution >= 4 is 27.3 Å². The number of benzene rings is 1. The van der Waals surface area contributed by atoms with Crippen molar-refractivity contribution in [3.63, 3.8) is 0 Å². The van der Waals surface area contributed by atoms with E-state index in [0.717, 1.165) is 10.6 Å². The first-order chi connectivity index (χ1) is 7.20. The summed E-state index contributed by atoms with van der Waals surface area (Å²) in [6, 6.07) is 10.2. The van der Waals surface area contributed by atoms with Crippen LogP contribution >= 0.6 is 27.3 Å². The van der Waals surface area contributed by atoms with Gasteiger partial charge < -0.3 is 0 Å². The van der Waals surface area contributed by atoms with Gasteiger partial charge in [-0.05, 0) is 28.9 Å². The van der Waals surface area contributed by atoms with Crippen LogP contribution in [0.2, 0.25) is 0 Å². The highest BCUT2D eigenvalue weighted by molar-refractivity contribution is 9.10. The molecule has 0 fully saturated rings. The number of hydrogen-bond donors (Lipinski definition) is 0. The van der Waals surface area contributed by atoms with Crippen molar-refractivity contribution in [2.24, 2.45) is 0 Å². The third-order valence-corrected chi connectivity index (χ3v) is 3.80. The summed E-state index contributed by atoms with van der Waals surface area (Å²) in [6.45, 7) is 2.04. The SMILES string of the molecule is Cc1cccc(-c2nc(Br)c(C#N)s2)c1. The molecule has 15 heavy (non-hydrogen) atoms. The van der Waals surface area contributed by atoms with Gasteiger partial charge in [0.1, 0.15) is 20.6 Å². The predicted molar refractivity (Wildman–Crippen MR) is 64.7 cm³/mol. The molecular weight excluding hydrogens is 272 g/mol. The van der Waals surface area contributed by atoms with Gasteiger partial charge in [-0.15, -0.1) is 11.3 Å². The lowest BCUT2D eigenvalue weighted by Gasteiger charge is -1.96. The number of nitrogens with zero attached hydrogens (tertiary/aromatic N) is 2. The summed E-state index contributed by atoms with van der Waals surface area (Å²) in [5, 5.41) is 9.70. The van der Waals surface area contributed by atoms with Gasteiger partial charge in [-0.1, -0.05) is 23.8 Å². The number of thiazole rings is 1. The normalized spacial score (nSPS) is 9.93. The van der Waals surface area contributed by atoms with Crippen molar-refractivity contribution in [3.05, 3.63) is 39.3 Å². The molecule has 2 rings (SSSR count). The first-order valence-electron chi connectivity index (χ1n) is 4.34. The molecule has 4 heteroatoms. The second kappa shape index (κ2) is 4.13. The molecular formula is C11H7BrN2S. The van der Waals surface area contributed by atoms with Gasteiger partial charge in [-0.2, -0.15) is 5.26 Å². The molecule has 0 amide bonds. The lowest BCUT2D eigenvalue weighted by molar-refractivity contribution is 1.34. The Labute approximate surface area is 100 Å². The Morgan fingerprint density at radius 2 is 2.27 bits per heavy atom. The Balaban J connectivity index is 2.51. The molecule has 2 aromatic rings. The molecule has 0 radical (unpaired) electrons. The minimum absolute atomic E-state index is 0.617. The van der Waals surface area contributed by atoms with E-state index in [-0.39, 0.29) is 0 Å². The topological polar surface area (TPSA) is 36.7 Å². The van der Waals surface area contributed by atoms with Gasteiger partial charge in [-0.25, -0.2) is 4.98 Å². The highest BCUT2D eigenvalue weighted by Crippen LogP contribution is 2.30. The van der Waals surface area contributed by atoms with Crippen LogP contribution in [-0.4, -0.2) is 4.98 Å². The molecule has 0 atom stereocenters. The van der Waals surface area contributed by atoms with E-state index in [1.807, 2.05) is 25.1 Å². The van der Waals surface area contributed by atoms with Gasteiger partial charge in [0.15, 0.2) is 0 Å². The summed E-state index contributed by atoms with van der Waals surface area (Å²) in [7, 11) is 0. The van der Waals surface area contributed by atoms with Crippen LogP contribution < -0.4 is 0 Å². The van der Waals surface area contributed by atoms with Crippen LogP contribution in [-0.2, 0) is 0 Å². The number of rotatable bonds is 1. The zero-order valence-corrected chi connectivity index (χ0v) is 10.4. The van der Waals surface area contributed by atoms with Crippen molar-refractivity contribution in [3.8, 4) is 16.6 Å². The van der Waals surface area contributed by atoms with Gasteiger partial charge in [-0.3, -0.25) is 0 Å². The zero-order valence-electron chi connectivity index (χ0n) is 7.99. The van der Waals surface area contributed by atoms with E-state index in [0.29, 0.717) is 9.48 Å². The average Bonchev–Trinajstić information content (AvgIpc) is 2.60. The lowest BCUT2D eigenvalue weighted by atomic mass is 10.1. The highest BCUT2D eigenvalue weighted by atomic mass is 79.9. The molecule has 0 N–H and O–H groups in total. The summed E-state index contributed by atoms with van der Waals surface area (Å²) in [4.78, 5) is 4.92. The summed E-state index contributed by atoms with van der Waals surface area (Å²) in [5.41, 5.74) is 2.25. The first kappa shape index (κ1) is 10.3. The van der Waals surface area contributed by atoms with Crippen molar-refractivity contribution in [1.29, 1.82) is 5.26 Å². The van der Waals surface area contributed by atoms with Crippen LogP contribution in [0.5, 0.6) is 0 Å². The first-order valence-corrected chi connectivity index (χ1v) is 5.95. The Kier molecular flexibility index (Phi) is 2.85. The molecule has 1 heterocycles. The number of aromatic nitrogens is 1. The zero-order chi connectivity index (χ0) is 10.8. The van der Waals surface area contributed by atoms with E-state index in [1.165, 1.54) is 16.9 Å². The fourth-order valence-electron chi connectivity index (χ4n) is 1.27. The summed E-state index contributed by atoms with van der Waals surface area (Å²) < 4.78 is 0.631. The smallest absolute Gasteiger partial charge is 0.139 e. The lowest BCUT2D eigenvalue weighted by Crippen LogP contribution is -1.77. The van der Waals surface area contributed by atoms with E-state index < -0.39 is 0 Å². The summed E-state index contributed by atoms with van der Waals surface area (Å²) in [6.07, 6.45) is 0. The van der Waals surface area contributed by atoms with Gasteiger partial charge in [0.05, 0.1) is 0 Å². The maximum absolute atomic E-state index is 8.82. The molecule has 0 unspecified atom stereocenters. The molecule has 0 aliphatic heterocycles. The second-order valence-corrected chi connectivity index (χ2v) is 4.87. The van der Waals surface area contributed by atoms with E-state index in [4.69, 9.17) is 5.26 Å². The Bertz CT molecular complexity index is 540. The van der Waals surface area contributed by atoms with E-state index in [1.54, 1.807) is 0 Å². The second-order valence-electron chi connectivity index (χ2n) is 3.12. The van der Waals surface area contributed by atoms with Crippen LogP contribution in [0.3, 0.4) is 0 Å². The van der Waals surface area contributed by atoms with Gasteiger partial charge >= 0.3 is 0 Å². The number of nitriles is 1. The Hall–Kier alpha value is -1.18. The summed E-state index contributed by atoms with van der Waals surface area (Å²) in [5.74, 6) is 0. The number of aryl methyl sites for hydroxylation is 1. The molecule has 1 aromatic heterocycles. The van der Waals surface area contributed by atoms with Gasteiger partial charge in [0.25, 0.3) is 0 Å². The molecule has 1 aromatic carbocycles. The Morgan fingerprint density at radius 3 is 2.87 bits per heavy atom. The van der Waals surface area contributed by atoms with Crippen molar-refractivity contribution in [2.45, 2.75) is 6.92 Å². The fraction of sp³-hybridized carbons (Fsp3) is 0.0909.